The molecule has 0 fully saturated rings. The molecule has 0 aliphatic heterocycles. The maximum Gasteiger partial charge on any atom is 0.240 e. The molecule has 0 aromatic heterocycles. The van der Waals surface area contributed by atoms with Gasteiger partial charge in [-0.05, 0) is 44.7 Å². The highest BCUT2D eigenvalue weighted by molar-refractivity contribution is 7.89. The van der Waals surface area contributed by atoms with Gasteiger partial charge >= 0.3 is 0 Å². The predicted octanol–water partition coefficient (Wildman–Crippen LogP) is 1.31. The van der Waals surface area contributed by atoms with E-state index in [9.17, 15) is 13.2 Å². The second kappa shape index (κ2) is 8.11. The lowest BCUT2D eigenvalue weighted by Crippen LogP contribution is -2.30. The van der Waals surface area contributed by atoms with Crippen molar-refractivity contribution in [2.45, 2.75) is 38.1 Å². The van der Waals surface area contributed by atoms with Crippen LogP contribution in [0, 0.1) is 0 Å². The fraction of sp³-hybridized carbons (Fsp3) is 0.500. The van der Waals surface area contributed by atoms with E-state index in [2.05, 4.69) is 15.4 Å². The van der Waals surface area contributed by atoms with Gasteiger partial charge in [-0.1, -0.05) is 6.92 Å². The number of hydrogen-bond donors (Lipinski definition) is 3. The van der Waals surface area contributed by atoms with Gasteiger partial charge in [0.25, 0.3) is 0 Å². The molecule has 0 spiro atoms. The Morgan fingerprint density at radius 1 is 1.19 bits per heavy atom. The lowest BCUT2D eigenvalue weighted by Gasteiger charge is -2.10. The molecule has 6 nitrogen and oxygen atoms in total. The molecule has 0 aliphatic rings. The minimum absolute atomic E-state index is 0.105. The molecule has 0 heterocycles. The summed E-state index contributed by atoms with van der Waals surface area (Å²) in [4.78, 5) is 11.8. The number of hydrogen-bond acceptors (Lipinski definition) is 4. The molecule has 0 aliphatic carbocycles. The lowest BCUT2D eigenvalue weighted by molar-refractivity contribution is -0.116. The SMILES string of the molecule is CCNCCC(=O)Nc1ccc(S(=O)(=O)NC(C)C)cc1. The third kappa shape index (κ3) is 6.24. The fourth-order valence-corrected chi connectivity index (χ4v) is 2.95. The van der Waals surface area contributed by atoms with Gasteiger partial charge in [0.05, 0.1) is 4.90 Å². The number of nitrogens with one attached hydrogen (secondary N) is 3. The van der Waals surface area contributed by atoms with E-state index >= 15 is 0 Å². The van der Waals surface area contributed by atoms with Crippen LogP contribution in [-0.2, 0) is 14.8 Å². The van der Waals surface area contributed by atoms with Crippen LogP contribution in [0.15, 0.2) is 29.2 Å². The van der Waals surface area contributed by atoms with E-state index in [-0.39, 0.29) is 16.8 Å². The van der Waals surface area contributed by atoms with Crippen LogP contribution in [0.2, 0.25) is 0 Å². The quantitative estimate of drug-likeness (QED) is 0.632. The molecule has 21 heavy (non-hydrogen) atoms. The average molecular weight is 313 g/mol. The van der Waals surface area contributed by atoms with Crippen molar-refractivity contribution in [1.29, 1.82) is 0 Å². The molecule has 0 unspecified atom stereocenters. The normalized spacial score (nSPS) is 11.6. The molecule has 1 aromatic carbocycles. The molecule has 0 saturated heterocycles. The Bertz CT molecular complexity index is 553. The van der Waals surface area contributed by atoms with Crippen molar-refractivity contribution < 1.29 is 13.2 Å². The molecule has 1 rings (SSSR count). The van der Waals surface area contributed by atoms with Crippen LogP contribution in [0.5, 0.6) is 0 Å². The Hall–Kier alpha value is -1.44. The number of carbonyl (C=O) groups excluding carboxylic acids is 1. The summed E-state index contributed by atoms with van der Waals surface area (Å²) in [7, 11) is -3.50. The molecule has 1 aromatic rings. The Balaban J connectivity index is 2.64. The second-order valence-corrected chi connectivity index (χ2v) is 6.67. The zero-order valence-corrected chi connectivity index (χ0v) is 13.5. The number of rotatable bonds is 8. The molecule has 0 radical (unpaired) electrons. The number of carbonyl (C=O) groups is 1. The third-order valence-electron chi connectivity index (χ3n) is 2.62. The van der Waals surface area contributed by atoms with Crippen molar-refractivity contribution in [3.8, 4) is 0 Å². The smallest absolute Gasteiger partial charge is 0.240 e. The van der Waals surface area contributed by atoms with Gasteiger partial charge in [-0.15, -0.1) is 0 Å². The van der Waals surface area contributed by atoms with Gasteiger partial charge in [-0.2, -0.15) is 0 Å². The first-order chi connectivity index (χ1) is 9.85. The van der Waals surface area contributed by atoms with E-state index in [4.69, 9.17) is 0 Å². The second-order valence-electron chi connectivity index (χ2n) is 4.95. The first-order valence-corrected chi connectivity index (χ1v) is 8.46. The van der Waals surface area contributed by atoms with Crippen molar-refractivity contribution in [2.75, 3.05) is 18.4 Å². The highest BCUT2D eigenvalue weighted by atomic mass is 32.2. The standard InChI is InChI=1S/C14H23N3O3S/c1-4-15-10-9-14(18)16-12-5-7-13(8-6-12)21(19,20)17-11(2)3/h5-8,11,15,17H,4,9-10H2,1-3H3,(H,16,18). The number of amides is 1. The van der Waals surface area contributed by atoms with E-state index < -0.39 is 10.0 Å². The first-order valence-electron chi connectivity index (χ1n) is 6.98. The lowest BCUT2D eigenvalue weighted by atomic mass is 10.3. The third-order valence-corrected chi connectivity index (χ3v) is 4.29. The van der Waals surface area contributed by atoms with Gasteiger partial charge < -0.3 is 10.6 Å². The zero-order chi connectivity index (χ0) is 15.9. The highest BCUT2D eigenvalue weighted by Gasteiger charge is 2.15. The molecular weight excluding hydrogens is 290 g/mol. The zero-order valence-electron chi connectivity index (χ0n) is 12.6. The van der Waals surface area contributed by atoms with Crippen molar-refractivity contribution >= 4 is 21.6 Å². The monoisotopic (exact) mass is 313 g/mol. The van der Waals surface area contributed by atoms with E-state index in [1.165, 1.54) is 12.1 Å². The fourth-order valence-electron chi connectivity index (χ4n) is 1.70. The Kier molecular flexibility index (Phi) is 6.80. The van der Waals surface area contributed by atoms with Crippen LogP contribution in [-0.4, -0.2) is 33.5 Å². The van der Waals surface area contributed by atoms with Gasteiger partial charge in [-0.25, -0.2) is 13.1 Å². The van der Waals surface area contributed by atoms with Gasteiger partial charge in [0.1, 0.15) is 0 Å². The van der Waals surface area contributed by atoms with Gasteiger partial charge in [0.2, 0.25) is 15.9 Å². The van der Waals surface area contributed by atoms with Gasteiger partial charge in [0.15, 0.2) is 0 Å². The Labute approximate surface area is 126 Å². The maximum atomic E-state index is 11.9. The summed E-state index contributed by atoms with van der Waals surface area (Å²) in [5.41, 5.74) is 0.583. The molecule has 1 amide bonds. The number of benzene rings is 1. The van der Waals surface area contributed by atoms with Gasteiger partial charge in [-0.3, -0.25) is 4.79 Å². The largest absolute Gasteiger partial charge is 0.326 e. The summed E-state index contributed by atoms with van der Waals surface area (Å²) in [6.45, 7) is 6.94. The van der Waals surface area contributed by atoms with Crippen LogP contribution in [0.3, 0.4) is 0 Å². The maximum absolute atomic E-state index is 11.9. The van der Waals surface area contributed by atoms with Crippen LogP contribution in [0.25, 0.3) is 0 Å². The minimum Gasteiger partial charge on any atom is -0.326 e. The highest BCUT2D eigenvalue weighted by Crippen LogP contribution is 2.14. The van der Waals surface area contributed by atoms with Gasteiger partial charge in [0, 0.05) is 24.7 Å². The summed E-state index contributed by atoms with van der Waals surface area (Å²) in [6, 6.07) is 5.95. The minimum atomic E-state index is -3.50. The van der Waals surface area contributed by atoms with Crippen LogP contribution >= 0.6 is 0 Å². The summed E-state index contributed by atoms with van der Waals surface area (Å²) < 4.78 is 26.4. The van der Waals surface area contributed by atoms with Crippen molar-refractivity contribution in [3.63, 3.8) is 0 Å². The Morgan fingerprint density at radius 2 is 1.81 bits per heavy atom. The summed E-state index contributed by atoms with van der Waals surface area (Å²) in [5, 5.41) is 5.79. The van der Waals surface area contributed by atoms with Crippen LogP contribution in [0.1, 0.15) is 27.2 Å². The molecule has 0 atom stereocenters. The summed E-state index contributed by atoms with van der Waals surface area (Å²) in [6.07, 6.45) is 0.378. The van der Waals surface area contributed by atoms with Crippen LogP contribution < -0.4 is 15.4 Å². The molecule has 118 valence electrons. The predicted molar refractivity (Wildman–Crippen MR) is 83.7 cm³/mol. The summed E-state index contributed by atoms with van der Waals surface area (Å²) >= 11 is 0. The molecule has 0 saturated carbocycles. The molecule has 7 heteroatoms. The molecule has 0 bridgehead atoms. The van der Waals surface area contributed by atoms with Crippen molar-refractivity contribution in [2.24, 2.45) is 0 Å². The van der Waals surface area contributed by atoms with E-state index in [0.717, 1.165) is 6.54 Å². The van der Waals surface area contributed by atoms with Crippen LogP contribution in [0.4, 0.5) is 5.69 Å². The summed E-state index contributed by atoms with van der Waals surface area (Å²) in [5.74, 6) is -0.105. The number of sulfonamides is 1. The number of anilines is 1. The van der Waals surface area contributed by atoms with Crippen molar-refractivity contribution in [3.05, 3.63) is 24.3 Å². The van der Waals surface area contributed by atoms with E-state index in [1.54, 1.807) is 26.0 Å². The molecular formula is C14H23N3O3S. The Morgan fingerprint density at radius 3 is 2.33 bits per heavy atom. The first kappa shape index (κ1) is 17.6. The van der Waals surface area contributed by atoms with Crippen molar-refractivity contribution in [1.82, 2.24) is 10.0 Å². The van der Waals surface area contributed by atoms with E-state index in [1.807, 2.05) is 6.92 Å². The topological polar surface area (TPSA) is 87.3 Å². The average Bonchev–Trinajstić information content (AvgIpc) is 2.38. The van der Waals surface area contributed by atoms with E-state index in [0.29, 0.717) is 18.7 Å². The molecule has 3 N–H and O–H groups in total.